The van der Waals surface area contributed by atoms with Gasteiger partial charge in [-0.2, -0.15) is 0 Å². The van der Waals surface area contributed by atoms with Crippen molar-refractivity contribution in [3.63, 3.8) is 0 Å². The van der Waals surface area contributed by atoms with Crippen molar-refractivity contribution in [3.8, 4) is 0 Å². The molecule has 3 atom stereocenters. The second kappa shape index (κ2) is 5.26. The summed E-state index contributed by atoms with van der Waals surface area (Å²) in [4.78, 5) is 23.0. The van der Waals surface area contributed by atoms with Crippen LogP contribution in [0, 0.1) is 5.92 Å². The first kappa shape index (κ1) is 12.2. The predicted molar refractivity (Wildman–Crippen MR) is 56.4 cm³/mol. The number of hydrogen-bond donors (Lipinski definition) is 1. The maximum Gasteiger partial charge on any atom is 0.249 e. The lowest BCUT2D eigenvalue weighted by Crippen LogP contribution is -2.45. The lowest BCUT2D eigenvalue weighted by molar-refractivity contribution is -0.134. The lowest BCUT2D eigenvalue weighted by Gasteiger charge is -2.17. The summed E-state index contributed by atoms with van der Waals surface area (Å²) in [6, 6.07) is -0.404. The van der Waals surface area contributed by atoms with Crippen LogP contribution in [0.3, 0.4) is 0 Å². The average Bonchev–Trinajstić information content (AvgIpc) is 2.63. The summed E-state index contributed by atoms with van der Waals surface area (Å²) in [6.07, 6.45) is 0.980. The van der Waals surface area contributed by atoms with Crippen molar-refractivity contribution in [2.75, 3.05) is 6.61 Å². The Balaban J connectivity index is 2.44. The van der Waals surface area contributed by atoms with Gasteiger partial charge >= 0.3 is 0 Å². The highest BCUT2D eigenvalue weighted by Gasteiger charge is 2.31. The van der Waals surface area contributed by atoms with Crippen molar-refractivity contribution >= 4 is 11.7 Å². The summed E-state index contributed by atoms with van der Waals surface area (Å²) in [6.45, 7) is 6.13. The van der Waals surface area contributed by atoms with Gasteiger partial charge in [-0.25, -0.2) is 0 Å². The first-order valence-corrected chi connectivity index (χ1v) is 5.51. The molecule has 1 rings (SSSR count). The highest BCUT2D eigenvalue weighted by molar-refractivity contribution is 5.90. The molecule has 0 spiro atoms. The molecule has 1 fully saturated rings. The molecule has 4 heteroatoms. The van der Waals surface area contributed by atoms with E-state index in [9.17, 15) is 9.59 Å². The number of nitrogens with one attached hydrogen (secondary N) is 1. The zero-order chi connectivity index (χ0) is 11.4. The fourth-order valence-electron chi connectivity index (χ4n) is 1.71. The van der Waals surface area contributed by atoms with E-state index in [1.807, 2.05) is 6.92 Å². The van der Waals surface area contributed by atoms with Gasteiger partial charge in [-0.15, -0.1) is 0 Å². The number of ether oxygens (including phenoxy) is 1. The second-order valence-corrected chi connectivity index (χ2v) is 4.11. The van der Waals surface area contributed by atoms with Gasteiger partial charge in [-0.3, -0.25) is 9.59 Å². The zero-order valence-electron chi connectivity index (χ0n) is 9.58. The minimum absolute atomic E-state index is 0.0500. The number of Topliss-reactive ketones (excluding diaryl/α,β-unsaturated/α-hetero) is 1. The third-order valence-corrected chi connectivity index (χ3v) is 2.84. The Morgan fingerprint density at radius 2 is 2.20 bits per heavy atom. The van der Waals surface area contributed by atoms with Crippen LogP contribution in [-0.4, -0.2) is 30.4 Å². The van der Waals surface area contributed by atoms with Crippen LogP contribution in [0.15, 0.2) is 0 Å². The predicted octanol–water partition coefficient (Wildman–Crippen LogP) is 0.895. The van der Waals surface area contributed by atoms with Crippen molar-refractivity contribution in [1.82, 2.24) is 5.32 Å². The molecule has 0 aliphatic carbocycles. The molecule has 0 radical (unpaired) electrons. The van der Waals surface area contributed by atoms with E-state index in [0.29, 0.717) is 13.0 Å². The van der Waals surface area contributed by atoms with Crippen LogP contribution in [0.4, 0.5) is 0 Å². The van der Waals surface area contributed by atoms with Crippen LogP contribution in [0.2, 0.25) is 0 Å². The minimum atomic E-state index is -0.404. The molecule has 1 N–H and O–H groups in total. The molecule has 3 unspecified atom stereocenters. The number of hydrogen-bond acceptors (Lipinski definition) is 3. The van der Waals surface area contributed by atoms with Gasteiger partial charge < -0.3 is 10.1 Å². The number of carbonyl (C=O) groups is 2. The largest absolute Gasteiger partial charge is 0.368 e. The van der Waals surface area contributed by atoms with Crippen LogP contribution in [0.1, 0.15) is 33.6 Å². The number of carbonyl (C=O) groups excluding carboxylic acids is 2. The highest BCUT2D eigenvalue weighted by Crippen LogP contribution is 2.20. The molecule has 0 aromatic carbocycles. The number of rotatable bonds is 4. The second-order valence-electron chi connectivity index (χ2n) is 4.11. The Hall–Kier alpha value is -0.900. The summed E-state index contributed by atoms with van der Waals surface area (Å²) in [5.41, 5.74) is 0. The fraction of sp³-hybridized carbons (Fsp3) is 0.818. The van der Waals surface area contributed by atoms with Crippen LogP contribution in [0.5, 0.6) is 0 Å². The highest BCUT2D eigenvalue weighted by atomic mass is 16.5. The van der Waals surface area contributed by atoms with Gasteiger partial charge in [0.15, 0.2) is 5.78 Å². The summed E-state index contributed by atoms with van der Waals surface area (Å²) in [5, 5.41) is 2.69. The van der Waals surface area contributed by atoms with Gasteiger partial charge in [-0.1, -0.05) is 13.8 Å². The van der Waals surface area contributed by atoms with E-state index in [4.69, 9.17) is 4.74 Å². The van der Waals surface area contributed by atoms with Gasteiger partial charge in [-0.05, 0) is 19.3 Å². The van der Waals surface area contributed by atoms with Crippen molar-refractivity contribution in [1.29, 1.82) is 0 Å². The number of ketones is 1. The van der Waals surface area contributed by atoms with E-state index in [0.717, 1.165) is 6.42 Å². The molecule has 1 aliphatic heterocycles. The van der Waals surface area contributed by atoms with E-state index >= 15 is 0 Å². The SMILES string of the molecule is CCC(=O)C(C)NC(=O)C1OCCC1C. The molecule has 4 nitrogen and oxygen atoms in total. The third-order valence-electron chi connectivity index (χ3n) is 2.84. The lowest BCUT2D eigenvalue weighted by atomic mass is 10.0. The van der Waals surface area contributed by atoms with Crippen molar-refractivity contribution < 1.29 is 14.3 Å². The van der Waals surface area contributed by atoms with Crippen LogP contribution >= 0.6 is 0 Å². The standard InChI is InChI=1S/C11H19NO3/c1-4-9(13)8(3)12-11(14)10-7(2)5-6-15-10/h7-8,10H,4-6H2,1-3H3,(H,12,14). The summed E-state index contributed by atoms with van der Waals surface area (Å²) in [5.74, 6) is 0.136. The normalized spacial score (nSPS) is 27.4. The Morgan fingerprint density at radius 3 is 2.67 bits per heavy atom. The Labute approximate surface area is 90.4 Å². The van der Waals surface area contributed by atoms with E-state index in [1.165, 1.54) is 0 Å². The Morgan fingerprint density at radius 1 is 1.53 bits per heavy atom. The van der Waals surface area contributed by atoms with Gasteiger partial charge in [0, 0.05) is 13.0 Å². The van der Waals surface area contributed by atoms with Gasteiger partial charge in [0.2, 0.25) is 5.91 Å². The quantitative estimate of drug-likeness (QED) is 0.754. The van der Waals surface area contributed by atoms with Gasteiger partial charge in [0.25, 0.3) is 0 Å². The summed E-state index contributed by atoms with van der Waals surface area (Å²) >= 11 is 0. The number of amides is 1. The first-order chi connectivity index (χ1) is 7.06. The molecule has 0 aromatic rings. The van der Waals surface area contributed by atoms with Crippen molar-refractivity contribution in [2.24, 2.45) is 5.92 Å². The zero-order valence-corrected chi connectivity index (χ0v) is 9.58. The molecular weight excluding hydrogens is 194 g/mol. The van der Waals surface area contributed by atoms with Crippen LogP contribution < -0.4 is 5.32 Å². The summed E-state index contributed by atoms with van der Waals surface area (Å²) in [7, 11) is 0. The smallest absolute Gasteiger partial charge is 0.249 e. The van der Waals surface area contributed by atoms with Gasteiger partial charge in [0.1, 0.15) is 6.10 Å². The Bertz CT molecular complexity index is 252. The molecule has 1 amide bonds. The summed E-state index contributed by atoms with van der Waals surface area (Å²) < 4.78 is 5.32. The molecule has 0 bridgehead atoms. The maximum atomic E-state index is 11.7. The van der Waals surface area contributed by atoms with Crippen LogP contribution in [0.25, 0.3) is 0 Å². The minimum Gasteiger partial charge on any atom is -0.368 e. The van der Waals surface area contributed by atoms with E-state index < -0.39 is 6.04 Å². The monoisotopic (exact) mass is 213 g/mol. The van der Waals surface area contributed by atoms with E-state index in [2.05, 4.69) is 5.32 Å². The van der Waals surface area contributed by atoms with Crippen LogP contribution in [-0.2, 0) is 14.3 Å². The average molecular weight is 213 g/mol. The molecule has 1 heterocycles. The molecule has 0 saturated carbocycles. The Kier molecular flexibility index (Phi) is 4.27. The topological polar surface area (TPSA) is 55.4 Å². The van der Waals surface area contributed by atoms with E-state index in [1.54, 1.807) is 13.8 Å². The van der Waals surface area contributed by atoms with Crippen molar-refractivity contribution in [2.45, 2.75) is 45.8 Å². The van der Waals surface area contributed by atoms with Crippen molar-refractivity contribution in [3.05, 3.63) is 0 Å². The molecule has 86 valence electrons. The third kappa shape index (κ3) is 3.02. The molecule has 0 aromatic heterocycles. The van der Waals surface area contributed by atoms with Gasteiger partial charge in [0.05, 0.1) is 6.04 Å². The first-order valence-electron chi connectivity index (χ1n) is 5.51. The molecule has 1 saturated heterocycles. The molecule has 15 heavy (non-hydrogen) atoms. The maximum absolute atomic E-state index is 11.7. The fourth-order valence-corrected chi connectivity index (χ4v) is 1.71. The van der Waals surface area contributed by atoms with E-state index in [-0.39, 0.29) is 23.7 Å². The molecular formula is C11H19NO3. The molecule has 1 aliphatic rings.